The lowest BCUT2D eigenvalue weighted by Crippen LogP contribution is -2.29. The molecule has 1 unspecified atom stereocenters. The summed E-state index contributed by atoms with van der Waals surface area (Å²) in [6, 6.07) is 6.83. The number of ether oxygens (including phenoxy) is 1. The average molecular weight is 553 g/mol. The molecule has 0 bridgehead atoms. The van der Waals surface area contributed by atoms with Gasteiger partial charge in [0.05, 0.1) is 28.4 Å². The summed E-state index contributed by atoms with van der Waals surface area (Å²) in [7, 11) is -3.39. The Kier molecular flexibility index (Phi) is 12.6. The SMILES string of the molecule is CCN(CC)S(=O)(=O)c1ccc(CCOCCCCCNCC(O)c2cc(Cl)c(N)c(Cl)c2)s1. The number of thiophene rings is 1. The Morgan fingerprint density at radius 2 is 1.79 bits per heavy atom. The quantitative estimate of drug-likeness (QED) is 0.206. The molecular weight excluding hydrogens is 517 g/mol. The first-order chi connectivity index (χ1) is 16.2. The Balaban J connectivity index is 1.55. The summed E-state index contributed by atoms with van der Waals surface area (Å²) >= 11 is 13.4. The molecule has 0 radical (unpaired) electrons. The number of aliphatic hydroxyl groups excluding tert-OH is 1. The lowest BCUT2D eigenvalue weighted by molar-refractivity contribution is 0.133. The molecule has 7 nitrogen and oxygen atoms in total. The monoisotopic (exact) mass is 551 g/mol. The van der Waals surface area contributed by atoms with Gasteiger partial charge in [-0.15, -0.1) is 11.3 Å². The van der Waals surface area contributed by atoms with Crippen molar-refractivity contribution < 1.29 is 18.3 Å². The molecule has 1 atom stereocenters. The summed E-state index contributed by atoms with van der Waals surface area (Å²) < 4.78 is 32.7. The number of anilines is 1. The van der Waals surface area contributed by atoms with E-state index < -0.39 is 16.1 Å². The number of hydrogen-bond acceptors (Lipinski definition) is 7. The molecule has 0 spiro atoms. The van der Waals surface area contributed by atoms with E-state index in [9.17, 15) is 13.5 Å². The van der Waals surface area contributed by atoms with E-state index in [0.29, 0.717) is 64.8 Å². The molecule has 2 rings (SSSR count). The minimum Gasteiger partial charge on any atom is -0.396 e. The van der Waals surface area contributed by atoms with Crippen molar-refractivity contribution in [2.75, 3.05) is 45.1 Å². The van der Waals surface area contributed by atoms with Crippen LogP contribution in [0.1, 0.15) is 49.7 Å². The molecule has 0 saturated heterocycles. The van der Waals surface area contributed by atoms with Crippen LogP contribution in [-0.4, -0.2) is 57.2 Å². The van der Waals surface area contributed by atoms with Crippen LogP contribution >= 0.6 is 34.5 Å². The number of aliphatic hydroxyl groups is 1. The summed E-state index contributed by atoms with van der Waals surface area (Å²) in [5, 5.41) is 14.2. The number of sulfonamides is 1. The molecule has 4 N–H and O–H groups in total. The molecule has 0 aliphatic rings. The predicted octanol–water partition coefficient (Wildman–Crippen LogP) is 4.72. The van der Waals surface area contributed by atoms with Gasteiger partial charge in [-0.3, -0.25) is 0 Å². The number of nitrogens with one attached hydrogen (secondary N) is 1. The van der Waals surface area contributed by atoms with Gasteiger partial charge in [0.1, 0.15) is 4.21 Å². The first kappa shape index (κ1) is 29.3. The van der Waals surface area contributed by atoms with E-state index >= 15 is 0 Å². The smallest absolute Gasteiger partial charge is 0.252 e. The maximum atomic E-state index is 12.6. The van der Waals surface area contributed by atoms with Gasteiger partial charge in [0, 0.05) is 37.5 Å². The van der Waals surface area contributed by atoms with Crippen LogP contribution in [0.4, 0.5) is 5.69 Å². The van der Waals surface area contributed by atoms with Crippen molar-refractivity contribution in [3.63, 3.8) is 0 Å². The Morgan fingerprint density at radius 1 is 1.12 bits per heavy atom. The molecule has 0 fully saturated rings. The van der Waals surface area contributed by atoms with Gasteiger partial charge in [-0.2, -0.15) is 4.31 Å². The lowest BCUT2D eigenvalue weighted by atomic mass is 10.1. The third-order valence-corrected chi connectivity index (χ3v) is 9.68. The van der Waals surface area contributed by atoms with Crippen LogP contribution < -0.4 is 11.1 Å². The zero-order chi connectivity index (χ0) is 25.1. The Morgan fingerprint density at radius 3 is 2.44 bits per heavy atom. The van der Waals surface area contributed by atoms with Crippen molar-refractivity contribution in [2.45, 2.75) is 49.8 Å². The van der Waals surface area contributed by atoms with Gasteiger partial charge in [-0.05, 0) is 55.6 Å². The molecule has 34 heavy (non-hydrogen) atoms. The molecule has 11 heteroatoms. The summed E-state index contributed by atoms with van der Waals surface area (Å²) in [5.41, 5.74) is 6.67. The van der Waals surface area contributed by atoms with Crippen LogP contribution in [0.3, 0.4) is 0 Å². The highest BCUT2D eigenvalue weighted by atomic mass is 35.5. The first-order valence-corrected chi connectivity index (χ1v) is 14.5. The van der Waals surface area contributed by atoms with Crippen LogP contribution in [0.25, 0.3) is 0 Å². The molecular formula is C23H35Cl2N3O4S2. The molecule has 2 aromatic rings. The van der Waals surface area contributed by atoms with Gasteiger partial charge >= 0.3 is 0 Å². The third kappa shape index (κ3) is 8.64. The van der Waals surface area contributed by atoms with Crippen molar-refractivity contribution in [3.05, 3.63) is 44.8 Å². The number of halogens is 2. The van der Waals surface area contributed by atoms with E-state index in [1.807, 2.05) is 19.9 Å². The zero-order valence-corrected chi connectivity index (χ0v) is 22.9. The second-order valence-electron chi connectivity index (χ2n) is 7.85. The van der Waals surface area contributed by atoms with Crippen LogP contribution in [0, 0.1) is 0 Å². The van der Waals surface area contributed by atoms with E-state index in [1.54, 1.807) is 18.2 Å². The maximum absolute atomic E-state index is 12.6. The van der Waals surface area contributed by atoms with Gasteiger partial charge in [0.25, 0.3) is 10.0 Å². The van der Waals surface area contributed by atoms with Crippen molar-refractivity contribution in [1.29, 1.82) is 0 Å². The Hall–Kier alpha value is -0.910. The van der Waals surface area contributed by atoms with Gasteiger partial charge in [-0.25, -0.2) is 8.42 Å². The molecule has 0 saturated carbocycles. The van der Waals surface area contributed by atoms with Gasteiger partial charge in [-0.1, -0.05) is 37.0 Å². The highest BCUT2D eigenvalue weighted by Crippen LogP contribution is 2.31. The molecule has 1 aromatic heterocycles. The second-order valence-corrected chi connectivity index (χ2v) is 12.0. The molecule has 0 aliphatic carbocycles. The topological polar surface area (TPSA) is 105 Å². The lowest BCUT2D eigenvalue weighted by Gasteiger charge is -2.16. The van der Waals surface area contributed by atoms with E-state index in [4.69, 9.17) is 33.7 Å². The number of benzene rings is 1. The van der Waals surface area contributed by atoms with E-state index in [0.717, 1.165) is 30.7 Å². The largest absolute Gasteiger partial charge is 0.396 e. The number of hydrogen-bond donors (Lipinski definition) is 3. The van der Waals surface area contributed by atoms with Gasteiger partial charge < -0.3 is 20.9 Å². The second kappa shape index (κ2) is 14.6. The zero-order valence-electron chi connectivity index (χ0n) is 19.7. The number of unbranched alkanes of at least 4 members (excludes halogenated alkanes) is 2. The first-order valence-electron chi connectivity index (χ1n) is 11.5. The molecule has 1 heterocycles. The number of nitrogen functional groups attached to an aromatic ring is 1. The van der Waals surface area contributed by atoms with E-state index in [-0.39, 0.29) is 0 Å². The van der Waals surface area contributed by atoms with Crippen molar-refractivity contribution in [2.24, 2.45) is 0 Å². The maximum Gasteiger partial charge on any atom is 0.252 e. The van der Waals surface area contributed by atoms with Gasteiger partial charge in [0.2, 0.25) is 0 Å². The average Bonchev–Trinajstić information content (AvgIpc) is 3.28. The molecule has 1 aromatic carbocycles. The normalized spacial score (nSPS) is 13.0. The summed E-state index contributed by atoms with van der Waals surface area (Å²) in [5.74, 6) is 0. The molecule has 0 amide bonds. The number of rotatable bonds is 16. The number of nitrogens with zero attached hydrogens (tertiary/aromatic N) is 1. The summed E-state index contributed by atoms with van der Waals surface area (Å²) in [6.07, 6.45) is 2.92. The fraction of sp³-hybridized carbons (Fsp3) is 0.565. The van der Waals surface area contributed by atoms with Crippen molar-refractivity contribution in [3.8, 4) is 0 Å². The minimum absolute atomic E-state index is 0.317. The Bertz CT molecular complexity index is 975. The van der Waals surface area contributed by atoms with Crippen LogP contribution in [-0.2, 0) is 21.2 Å². The minimum atomic E-state index is -3.39. The van der Waals surface area contributed by atoms with Crippen LogP contribution in [0.5, 0.6) is 0 Å². The van der Waals surface area contributed by atoms with Gasteiger partial charge in [0.15, 0.2) is 0 Å². The fourth-order valence-corrected chi connectivity index (χ4v) is 6.83. The Labute approximate surface area is 217 Å². The van der Waals surface area contributed by atoms with E-state index in [1.165, 1.54) is 15.6 Å². The van der Waals surface area contributed by atoms with Crippen LogP contribution in [0.15, 0.2) is 28.5 Å². The summed E-state index contributed by atoms with van der Waals surface area (Å²) in [4.78, 5) is 1.01. The number of nitrogens with two attached hydrogens (primary N) is 1. The van der Waals surface area contributed by atoms with Crippen molar-refractivity contribution in [1.82, 2.24) is 9.62 Å². The highest BCUT2D eigenvalue weighted by molar-refractivity contribution is 7.91. The highest BCUT2D eigenvalue weighted by Gasteiger charge is 2.23. The third-order valence-electron chi connectivity index (χ3n) is 5.40. The van der Waals surface area contributed by atoms with Crippen molar-refractivity contribution >= 4 is 50.2 Å². The van der Waals surface area contributed by atoms with E-state index in [2.05, 4.69) is 5.32 Å². The molecule has 192 valence electrons. The molecule has 0 aliphatic heterocycles. The van der Waals surface area contributed by atoms with Crippen LogP contribution in [0.2, 0.25) is 10.0 Å². The summed E-state index contributed by atoms with van der Waals surface area (Å²) in [6.45, 7) is 7.05. The standard InChI is InChI=1S/C23H35Cl2N3O4S2/c1-3-28(4-2)34(30,31)22-9-8-18(33-22)10-13-32-12-7-5-6-11-27-16-21(29)17-14-19(24)23(26)20(25)15-17/h8-9,14-15,21,27,29H,3-7,10-13,16,26H2,1-2H3. The fourth-order valence-electron chi connectivity index (χ4n) is 3.38. The predicted molar refractivity (Wildman–Crippen MR) is 142 cm³/mol.